The highest BCUT2D eigenvalue weighted by Crippen LogP contribution is 2.40. The Balaban J connectivity index is 1.63. The summed E-state index contributed by atoms with van der Waals surface area (Å²) < 4.78 is 5.71. The smallest absolute Gasteiger partial charge is 0.148 e. The molecular weight excluding hydrogens is 396 g/mol. The van der Waals surface area contributed by atoms with Crippen LogP contribution in [-0.4, -0.2) is 34.6 Å². The highest BCUT2D eigenvalue weighted by atomic mass is 32.1. The van der Waals surface area contributed by atoms with Crippen molar-refractivity contribution in [2.75, 3.05) is 13.2 Å². The highest BCUT2D eigenvalue weighted by Gasteiger charge is 2.25. The second-order valence-electron chi connectivity index (χ2n) is 7.54. The maximum Gasteiger partial charge on any atom is 0.148 e. The standard InChI is InChI=1S/C23H24N4O2S/c1-14(2)29-21-9-6-15(12-16(21)13-24)22-26-27-23(30-22)19-5-3-4-18-17(19)7-8-20(18)25-10-11-28/h3-6,9,12,14,20,25,28H,7-8,10-11H2,1-2H3/t20-/m1/s1. The van der Waals surface area contributed by atoms with Crippen molar-refractivity contribution < 1.29 is 9.84 Å². The fraction of sp³-hybridized carbons (Fsp3) is 0.348. The number of nitriles is 1. The van der Waals surface area contributed by atoms with E-state index < -0.39 is 0 Å². The Morgan fingerprint density at radius 1 is 1.27 bits per heavy atom. The molecule has 2 N–H and O–H groups in total. The van der Waals surface area contributed by atoms with Crippen molar-refractivity contribution in [3.63, 3.8) is 0 Å². The van der Waals surface area contributed by atoms with E-state index >= 15 is 0 Å². The molecule has 3 aromatic rings. The molecule has 30 heavy (non-hydrogen) atoms. The number of aliphatic hydroxyl groups excluding tert-OH is 1. The van der Waals surface area contributed by atoms with E-state index in [0.29, 0.717) is 17.9 Å². The molecule has 0 spiro atoms. The van der Waals surface area contributed by atoms with Crippen LogP contribution >= 0.6 is 11.3 Å². The van der Waals surface area contributed by atoms with E-state index in [1.54, 1.807) is 0 Å². The second-order valence-corrected chi connectivity index (χ2v) is 8.52. The molecule has 0 saturated carbocycles. The largest absolute Gasteiger partial charge is 0.490 e. The van der Waals surface area contributed by atoms with Crippen molar-refractivity contribution in [2.45, 2.75) is 38.8 Å². The van der Waals surface area contributed by atoms with Crippen LogP contribution in [-0.2, 0) is 6.42 Å². The van der Waals surface area contributed by atoms with Crippen LogP contribution < -0.4 is 10.1 Å². The number of aromatic nitrogens is 2. The van der Waals surface area contributed by atoms with E-state index in [1.807, 2.05) is 32.0 Å². The molecule has 0 fully saturated rings. The fourth-order valence-electron chi connectivity index (χ4n) is 3.86. The van der Waals surface area contributed by atoms with E-state index in [2.05, 4.69) is 39.8 Å². The third kappa shape index (κ3) is 4.08. The number of hydrogen-bond donors (Lipinski definition) is 2. The van der Waals surface area contributed by atoms with Gasteiger partial charge in [-0.25, -0.2) is 0 Å². The molecule has 0 aliphatic heterocycles. The molecule has 0 amide bonds. The Hall–Kier alpha value is -2.79. The van der Waals surface area contributed by atoms with Crippen LogP contribution in [0.5, 0.6) is 5.75 Å². The molecule has 1 aromatic heterocycles. The summed E-state index contributed by atoms with van der Waals surface area (Å²) in [6.45, 7) is 4.61. The first-order chi connectivity index (χ1) is 14.6. The number of nitrogens with one attached hydrogen (secondary N) is 1. The minimum Gasteiger partial charge on any atom is -0.490 e. The lowest BCUT2D eigenvalue weighted by molar-refractivity contribution is 0.242. The molecule has 7 heteroatoms. The summed E-state index contributed by atoms with van der Waals surface area (Å²) in [7, 11) is 0. The van der Waals surface area contributed by atoms with Crippen molar-refractivity contribution in [3.05, 3.63) is 53.1 Å². The zero-order chi connectivity index (χ0) is 21.1. The molecule has 1 aliphatic carbocycles. The lowest BCUT2D eigenvalue weighted by atomic mass is 10.0. The van der Waals surface area contributed by atoms with Gasteiger partial charge in [0.1, 0.15) is 21.8 Å². The Morgan fingerprint density at radius 2 is 2.10 bits per heavy atom. The van der Waals surface area contributed by atoms with Crippen LogP contribution in [0.2, 0.25) is 0 Å². The zero-order valence-corrected chi connectivity index (χ0v) is 17.9. The SMILES string of the molecule is CC(C)Oc1ccc(-c2nnc(-c3cccc4c3CC[C@H]4NCCO)s2)cc1C#N. The number of fused-ring (bicyclic) bond motifs is 1. The molecule has 154 valence electrons. The highest BCUT2D eigenvalue weighted by molar-refractivity contribution is 7.17. The third-order valence-electron chi connectivity index (χ3n) is 5.14. The normalized spacial score (nSPS) is 15.2. The molecular formula is C23H24N4O2S. The van der Waals surface area contributed by atoms with E-state index in [1.165, 1.54) is 22.5 Å². The van der Waals surface area contributed by atoms with Crippen LogP contribution in [0.4, 0.5) is 0 Å². The Kier molecular flexibility index (Phi) is 6.09. The molecule has 0 radical (unpaired) electrons. The van der Waals surface area contributed by atoms with E-state index in [-0.39, 0.29) is 18.8 Å². The van der Waals surface area contributed by atoms with Crippen molar-refractivity contribution >= 4 is 11.3 Å². The molecule has 4 rings (SSSR count). The van der Waals surface area contributed by atoms with Gasteiger partial charge in [-0.1, -0.05) is 29.5 Å². The van der Waals surface area contributed by atoms with Gasteiger partial charge in [0.15, 0.2) is 0 Å². The van der Waals surface area contributed by atoms with Gasteiger partial charge in [-0.15, -0.1) is 10.2 Å². The summed E-state index contributed by atoms with van der Waals surface area (Å²) in [6, 6.07) is 14.3. The van der Waals surface area contributed by atoms with Crippen LogP contribution in [0.3, 0.4) is 0 Å². The van der Waals surface area contributed by atoms with Crippen LogP contribution in [0.25, 0.3) is 21.1 Å². The summed E-state index contributed by atoms with van der Waals surface area (Å²) >= 11 is 1.53. The molecule has 6 nitrogen and oxygen atoms in total. The number of benzene rings is 2. The predicted octanol–water partition coefficient (Wildman–Crippen LogP) is 4.10. The van der Waals surface area contributed by atoms with Gasteiger partial charge in [-0.3, -0.25) is 0 Å². The Bertz CT molecular complexity index is 1090. The number of aliphatic hydroxyl groups is 1. The Morgan fingerprint density at radius 3 is 2.87 bits per heavy atom. The van der Waals surface area contributed by atoms with Gasteiger partial charge in [0, 0.05) is 23.7 Å². The summed E-state index contributed by atoms with van der Waals surface area (Å²) in [4.78, 5) is 0. The number of rotatable bonds is 7. The van der Waals surface area contributed by atoms with Gasteiger partial charge in [-0.2, -0.15) is 5.26 Å². The van der Waals surface area contributed by atoms with Crippen LogP contribution in [0.15, 0.2) is 36.4 Å². The van der Waals surface area contributed by atoms with E-state index in [0.717, 1.165) is 34.0 Å². The van der Waals surface area contributed by atoms with Crippen LogP contribution in [0, 0.1) is 11.3 Å². The number of hydrogen-bond acceptors (Lipinski definition) is 7. The first-order valence-electron chi connectivity index (χ1n) is 10.1. The van der Waals surface area contributed by atoms with E-state index in [9.17, 15) is 5.26 Å². The topological polar surface area (TPSA) is 91.1 Å². The molecule has 2 aromatic carbocycles. The third-order valence-corrected chi connectivity index (χ3v) is 6.14. The van der Waals surface area contributed by atoms with Gasteiger partial charge in [-0.05, 0) is 56.0 Å². The van der Waals surface area contributed by atoms with Crippen molar-refractivity contribution in [1.82, 2.24) is 15.5 Å². The zero-order valence-electron chi connectivity index (χ0n) is 17.1. The van der Waals surface area contributed by atoms with Gasteiger partial charge in [0.05, 0.1) is 18.3 Å². The molecule has 0 saturated heterocycles. The summed E-state index contributed by atoms with van der Waals surface area (Å²) in [5.41, 5.74) is 5.05. The van der Waals surface area contributed by atoms with Gasteiger partial charge in [0.2, 0.25) is 0 Å². The number of ether oxygens (including phenoxy) is 1. The molecule has 0 unspecified atom stereocenters. The first kappa shape index (κ1) is 20.5. The molecule has 0 bridgehead atoms. The van der Waals surface area contributed by atoms with Crippen molar-refractivity contribution in [2.24, 2.45) is 0 Å². The average molecular weight is 421 g/mol. The predicted molar refractivity (Wildman–Crippen MR) is 117 cm³/mol. The Labute approximate surface area is 180 Å². The first-order valence-corrected chi connectivity index (χ1v) is 10.9. The molecule has 1 aliphatic rings. The second kappa shape index (κ2) is 8.92. The summed E-state index contributed by atoms with van der Waals surface area (Å²) in [6.07, 6.45) is 2.00. The minimum atomic E-state index is 0.00644. The summed E-state index contributed by atoms with van der Waals surface area (Å²) in [5.74, 6) is 0.586. The van der Waals surface area contributed by atoms with Gasteiger partial charge in [0.25, 0.3) is 0 Å². The number of nitrogens with zero attached hydrogens (tertiary/aromatic N) is 3. The van der Waals surface area contributed by atoms with Crippen molar-refractivity contribution in [1.29, 1.82) is 5.26 Å². The van der Waals surface area contributed by atoms with Crippen molar-refractivity contribution in [3.8, 4) is 33.0 Å². The summed E-state index contributed by atoms with van der Waals surface area (Å²) in [5, 5.41) is 32.5. The lowest BCUT2D eigenvalue weighted by Gasteiger charge is -2.13. The molecule has 1 heterocycles. The minimum absolute atomic E-state index is 0.00644. The lowest BCUT2D eigenvalue weighted by Crippen LogP contribution is -2.22. The quantitative estimate of drug-likeness (QED) is 0.598. The van der Waals surface area contributed by atoms with Gasteiger partial charge < -0.3 is 15.2 Å². The monoisotopic (exact) mass is 420 g/mol. The maximum absolute atomic E-state index is 9.49. The fourth-order valence-corrected chi connectivity index (χ4v) is 4.75. The van der Waals surface area contributed by atoms with E-state index in [4.69, 9.17) is 9.84 Å². The average Bonchev–Trinajstić information content (AvgIpc) is 3.39. The molecule has 1 atom stereocenters. The van der Waals surface area contributed by atoms with Gasteiger partial charge >= 0.3 is 0 Å². The maximum atomic E-state index is 9.49. The van der Waals surface area contributed by atoms with Crippen LogP contribution in [0.1, 0.15) is 43.0 Å².